The number of aliphatic hydroxyl groups excluding tert-OH is 1. The molecule has 182 valence electrons. The van der Waals surface area contributed by atoms with Gasteiger partial charge in [0.25, 0.3) is 0 Å². The molecule has 33 heavy (non-hydrogen) atoms. The van der Waals surface area contributed by atoms with Crippen molar-refractivity contribution in [2.45, 2.75) is 89.3 Å². The summed E-state index contributed by atoms with van der Waals surface area (Å²) >= 11 is 0. The number of amides is 2. The van der Waals surface area contributed by atoms with Gasteiger partial charge in [0.1, 0.15) is 12.3 Å². The average molecular weight is 460 g/mol. The number of nitrogens with zero attached hydrogens (tertiary/aromatic N) is 1. The van der Waals surface area contributed by atoms with Gasteiger partial charge in [-0.05, 0) is 64.0 Å². The van der Waals surface area contributed by atoms with E-state index in [9.17, 15) is 19.8 Å². The van der Waals surface area contributed by atoms with E-state index < -0.39 is 42.0 Å². The van der Waals surface area contributed by atoms with Crippen LogP contribution < -0.4 is 11.1 Å². The largest absolute Gasteiger partial charge is 0.465 e. The number of aliphatic hydroxyl groups is 1. The van der Waals surface area contributed by atoms with Crippen molar-refractivity contribution in [3.63, 3.8) is 0 Å². The zero-order valence-electron chi connectivity index (χ0n) is 19.8. The van der Waals surface area contributed by atoms with Gasteiger partial charge in [-0.3, -0.25) is 9.69 Å². The number of primary amides is 1. The summed E-state index contributed by atoms with van der Waals surface area (Å²) in [5, 5.41) is 23.0. The third kappa shape index (κ3) is 6.79. The van der Waals surface area contributed by atoms with Crippen molar-refractivity contribution in [2.75, 3.05) is 6.54 Å². The lowest BCUT2D eigenvalue weighted by molar-refractivity contribution is -0.161. The molecule has 0 saturated heterocycles. The molecule has 0 aromatic heterocycles. The second-order valence-corrected chi connectivity index (χ2v) is 10.0. The second kappa shape index (κ2) is 10.7. The molecular weight excluding hydrogens is 422 g/mol. The van der Waals surface area contributed by atoms with E-state index in [-0.39, 0.29) is 6.54 Å². The van der Waals surface area contributed by atoms with Crippen molar-refractivity contribution in [3.8, 4) is 0 Å². The van der Waals surface area contributed by atoms with Crippen LogP contribution in [0, 0.1) is 0 Å². The van der Waals surface area contributed by atoms with Gasteiger partial charge >= 0.3 is 6.09 Å². The summed E-state index contributed by atoms with van der Waals surface area (Å²) < 4.78 is 6.34. The van der Waals surface area contributed by atoms with E-state index in [1.54, 1.807) is 0 Å². The molecule has 0 spiro atoms. The van der Waals surface area contributed by atoms with Crippen molar-refractivity contribution >= 4 is 12.0 Å². The van der Waals surface area contributed by atoms with Gasteiger partial charge in [0.05, 0.1) is 17.7 Å². The van der Waals surface area contributed by atoms with Gasteiger partial charge in [0, 0.05) is 13.0 Å². The lowest BCUT2D eigenvalue weighted by Gasteiger charge is -2.47. The van der Waals surface area contributed by atoms with E-state index in [1.165, 1.54) is 5.57 Å². The highest BCUT2D eigenvalue weighted by atomic mass is 16.5. The lowest BCUT2D eigenvalue weighted by atomic mass is 9.81. The molecule has 8 heteroatoms. The molecule has 2 aliphatic rings. The smallest absolute Gasteiger partial charge is 0.404 e. The van der Waals surface area contributed by atoms with Crippen molar-refractivity contribution in [1.29, 1.82) is 0 Å². The van der Waals surface area contributed by atoms with Gasteiger partial charge in [-0.2, -0.15) is 0 Å². The predicted molar refractivity (Wildman–Crippen MR) is 126 cm³/mol. The molecular formula is C25H37N3O5. The van der Waals surface area contributed by atoms with E-state index in [2.05, 4.69) is 5.32 Å². The van der Waals surface area contributed by atoms with Crippen LogP contribution in [0.5, 0.6) is 0 Å². The number of benzene rings is 1. The minimum Gasteiger partial charge on any atom is -0.465 e. The molecule has 3 rings (SSSR count). The topological polar surface area (TPSA) is 125 Å². The maximum Gasteiger partial charge on any atom is 0.404 e. The van der Waals surface area contributed by atoms with Crippen LogP contribution in [0.25, 0.3) is 0 Å². The van der Waals surface area contributed by atoms with Crippen LogP contribution >= 0.6 is 0 Å². The lowest BCUT2D eigenvalue weighted by Crippen LogP contribution is -2.60. The number of carbonyl (C=O) groups is 2. The molecule has 1 aromatic rings. The van der Waals surface area contributed by atoms with Crippen molar-refractivity contribution in [1.82, 2.24) is 10.2 Å². The van der Waals surface area contributed by atoms with E-state index in [0.29, 0.717) is 12.8 Å². The van der Waals surface area contributed by atoms with Crippen LogP contribution in [0.2, 0.25) is 0 Å². The Hall–Kier alpha value is -2.42. The van der Waals surface area contributed by atoms with Gasteiger partial charge < -0.3 is 26.0 Å². The highest BCUT2D eigenvalue weighted by Gasteiger charge is 2.43. The maximum atomic E-state index is 12.7. The normalized spacial score (nSPS) is 23.5. The maximum absolute atomic E-state index is 12.7. The summed E-state index contributed by atoms with van der Waals surface area (Å²) in [4.78, 5) is 26.0. The first-order valence-electron chi connectivity index (χ1n) is 11.7. The first-order chi connectivity index (χ1) is 15.5. The standard InChI is InChI=1S/C25H37N3O5/c1-25(2,3)33-21-14-17-11-7-8-12-18(17)22(23(26)30)28(21)15-20(29)19(27-24(31)32)13-16-9-5-4-6-10-16/h4-6,9-10,19-22,27,29H,7-8,11-15H2,1-3H3,(H2,26,30)(H,31,32). The van der Waals surface area contributed by atoms with Gasteiger partial charge in [-0.25, -0.2) is 4.79 Å². The highest BCUT2D eigenvalue weighted by Crippen LogP contribution is 2.39. The number of β-amino-alcohol motifs (C(OH)–C–C–N with tert-alkyl or cyclic N) is 1. The first kappa shape index (κ1) is 25.2. The minimum absolute atomic E-state index is 0.0584. The predicted octanol–water partition coefficient (Wildman–Crippen LogP) is 2.80. The number of carbonyl (C=O) groups excluding carboxylic acids is 1. The van der Waals surface area contributed by atoms with Gasteiger partial charge in [0.15, 0.2) is 0 Å². The molecule has 0 bridgehead atoms. The third-order valence-corrected chi connectivity index (χ3v) is 6.31. The molecule has 1 heterocycles. The van der Waals surface area contributed by atoms with Crippen LogP contribution in [-0.2, 0) is 16.0 Å². The van der Waals surface area contributed by atoms with E-state index in [4.69, 9.17) is 10.5 Å². The Balaban J connectivity index is 1.89. The zero-order valence-corrected chi connectivity index (χ0v) is 19.8. The Morgan fingerprint density at radius 3 is 2.48 bits per heavy atom. The Morgan fingerprint density at radius 2 is 1.88 bits per heavy atom. The van der Waals surface area contributed by atoms with Crippen LogP contribution in [0.3, 0.4) is 0 Å². The summed E-state index contributed by atoms with van der Waals surface area (Å²) in [5.74, 6) is -0.468. The number of carboxylic acid groups (broad SMARTS) is 1. The molecule has 1 aliphatic carbocycles. The number of hydrogen-bond donors (Lipinski definition) is 4. The molecule has 0 fully saturated rings. The fraction of sp³-hybridized carbons (Fsp3) is 0.600. The number of hydrogen-bond acceptors (Lipinski definition) is 5. The Morgan fingerprint density at radius 1 is 1.21 bits per heavy atom. The highest BCUT2D eigenvalue weighted by molar-refractivity contribution is 5.84. The first-order valence-corrected chi connectivity index (χ1v) is 11.7. The van der Waals surface area contributed by atoms with E-state index in [1.807, 2.05) is 56.0 Å². The third-order valence-electron chi connectivity index (χ3n) is 6.31. The molecule has 0 saturated carbocycles. The number of nitrogens with one attached hydrogen (secondary N) is 1. The van der Waals surface area contributed by atoms with E-state index in [0.717, 1.165) is 36.8 Å². The molecule has 2 amide bonds. The minimum atomic E-state index is -1.21. The van der Waals surface area contributed by atoms with Crippen molar-refractivity contribution < 1.29 is 24.5 Å². The summed E-state index contributed by atoms with van der Waals surface area (Å²) in [6.45, 7) is 5.92. The second-order valence-electron chi connectivity index (χ2n) is 10.0. The van der Waals surface area contributed by atoms with Crippen LogP contribution in [0.15, 0.2) is 41.5 Å². The molecule has 0 radical (unpaired) electrons. The van der Waals surface area contributed by atoms with Crippen LogP contribution in [-0.4, -0.2) is 63.7 Å². The summed E-state index contributed by atoms with van der Waals surface area (Å²) in [6, 6.07) is 7.99. The number of rotatable bonds is 8. The molecule has 8 nitrogen and oxygen atoms in total. The zero-order chi connectivity index (χ0) is 24.2. The monoisotopic (exact) mass is 459 g/mol. The molecule has 1 aromatic carbocycles. The quantitative estimate of drug-likeness (QED) is 0.443. The van der Waals surface area contributed by atoms with Crippen LogP contribution in [0.1, 0.15) is 58.4 Å². The Kier molecular flexibility index (Phi) is 8.15. The summed E-state index contributed by atoms with van der Waals surface area (Å²) in [7, 11) is 0. The fourth-order valence-corrected chi connectivity index (χ4v) is 4.98. The van der Waals surface area contributed by atoms with Gasteiger partial charge in [0.2, 0.25) is 5.91 Å². The van der Waals surface area contributed by atoms with Gasteiger partial charge in [-0.1, -0.05) is 35.9 Å². The van der Waals surface area contributed by atoms with Gasteiger partial charge in [-0.15, -0.1) is 0 Å². The number of ether oxygens (including phenoxy) is 1. The van der Waals surface area contributed by atoms with Crippen molar-refractivity contribution in [3.05, 3.63) is 47.0 Å². The Labute approximate surface area is 195 Å². The van der Waals surface area contributed by atoms with Crippen molar-refractivity contribution in [2.24, 2.45) is 5.73 Å². The SMILES string of the molecule is CC(C)(C)OC1CC2=C(CCCC2)C(C(N)=O)N1CC(O)C(Cc1ccccc1)NC(=O)O. The molecule has 4 unspecified atom stereocenters. The fourth-order valence-electron chi connectivity index (χ4n) is 4.98. The Bertz CT molecular complexity index is 865. The molecule has 1 aliphatic heterocycles. The molecule has 5 N–H and O–H groups in total. The summed E-state index contributed by atoms with van der Waals surface area (Å²) in [6.07, 6.45) is 2.07. The molecule has 4 atom stereocenters. The summed E-state index contributed by atoms with van der Waals surface area (Å²) in [5.41, 5.74) is 8.59. The van der Waals surface area contributed by atoms with E-state index >= 15 is 0 Å². The average Bonchev–Trinajstić information content (AvgIpc) is 2.72. The van der Waals surface area contributed by atoms with Crippen LogP contribution in [0.4, 0.5) is 4.79 Å². The number of nitrogens with two attached hydrogens (primary N) is 1.